The van der Waals surface area contributed by atoms with E-state index in [1.54, 1.807) is 32.4 Å². The van der Waals surface area contributed by atoms with E-state index in [0.717, 1.165) is 12.0 Å². The SMILES string of the molecule is COc1ccc(CCC2NC(=O)OC2COc2ccc(Cl)cc2Cl)cc1OC. The lowest BCUT2D eigenvalue weighted by atomic mass is 10.0. The lowest BCUT2D eigenvalue weighted by Crippen LogP contribution is -2.35. The van der Waals surface area contributed by atoms with Crippen LogP contribution in [0.25, 0.3) is 0 Å². The summed E-state index contributed by atoms with van der Waals surface area (Å²) in [6.45, 7) is 0.191. The predicted molar refractivity (Wildman–Crippen MR) is 107 cm³/mol. The number of carbonyl (C=O) groups is 1. The number of cyclic esters (lactones) is 1. The largest absolute Gasteiger partial charge is 0.493 e. The molecule has 0 aromatic heterocycles. The highest BCUT2D eigenvalue weighted by Gasteiger charge is 2.34. The summed E-state index contributed by atoms with van der Waals surface area (Å²) >= 11 is 12.0. The fraction of sp³-hybridized carbons (Fsp3) is 0.350. The molecule has 0 bridgehead atoms. The number of methoxy groups -OCH3 is 2. The van der Waals surface area contributed by atoms with Crippen LogP contribution in [0.15, 0.2) is 36.4 Å². The van der Waals surface area contributed by atoms with Crippen LogP contribution in [0.2, 0.25) is 10.0 Å². The molecular formula is C20H21Cl2NO5. The zero-order chi connectivity index (χ0) is 20.1. The number of ether oxygens (including phenoxy) is 4. The van der Waals surface area contributed by atoms with Crippen LogP contribution in [0.4, 0.5) is 4.79 Å². The third-order valence-electron chi connectivity index (χ3n) is 4.50. The minimum absolute atomic E-state index is 0.174. The van der Waals surface area contributed by atoms with Gasteiger partial charge in [-0.15, -0.1) is 0 Å². The van der Waals surface area contributed by atoms with E-state index in [1.165, 1.54) is 0 Å². The average Bonchev–Trinajstić information content (AvgIpc) is 3.04. The van der Waals surface area contributed by atoms with Crippen molar-refractivity contribution in [1.82, 2.24) is 5.32 Å². The van der Waals surface area contributed by atoms with Crippen LogP contribution in [0.1, 0.15) is 12.0 Å². The van der Waals surface area contributed by atoms with Gasteiger partial charge in [-0.2, -0.15) is 0 Å². The van der Waals surface area contributed by atoms with E-state index in [-0.39, 0.29) is 12.6 Å². The molecular weight excluding hydrogens is 405 g/mol. The molecule has 2 aromatic carbocycles. The Balaban J connectivity index is 1.60. The van der Waals surface area contributed by atoms with Crippen LogP contribution in [-0.2, 0) is 11.2 Å². The molecule has 1 saturated heterocycles. The van der Waals surface area contributed by atoms with E-state index in [4.69, 9.17) is 42.1 Å². The molecule has 28 heavy (non-hydrogen) atoms. The van der Waals surface area contributed by atoms with Gasteiger partial charge in [0.2, 0.25) is 0 Å². The molecule has 2 aromatic rings. The number of hydrogen-bond donors (Lipinski definition) is 1. The highest BCUT2D eigenvalue weighted by molar-refractivity contribution is 6.35. The summed E-state index contributed by atoms with van der Waals surface area (Å²) in [7, 11) is 3.20. The Hall–Kier alpha value is -2.31. The van der Waals surface area contributed by atoms with Crippen LogP contribution in [0.5, 0.6) is 17.2 Å². The van der Waals surface area contributed by atoms with Gasteiger partial charge in [-0.1, -0.05) is 29.3 Å². The maximum absolute atomic E-state index is 11.7. The summed E-state index contributed by atoms with van der Waals surface area (Å²) in [4.78, 5) is 11.7. The first-order chi connectivity index (χ1) is 13.5. The Bertz CT molecular complexity index is 845. The van der Waals surface area contributed by atoms with Crippen molar-refractivity contribution in [2.75, 3.05) is 20.8 Å². The highest BCUT2D eigenvalue weighted by atomic mass is 35.5. The van der Waals surface area contributed by atoms with E-state index in [9.17, 15) is 4.79 Å². The lowest BCUT2D eigenvalue weighted by Gasteiger charge is -2.18. The fourth-order valence-corrected chi connectivity index (χ4v) is 3.49. The molecule has 6 nitrogen and oxygen atoms in total. The first kappa shape index (κ1) is 20.4. The number of nitrogens with one attached hydrogen (secondary N) is 1. The normalized spacial score (nSPS) is 18.4. The Morgan fingerprint density at radius 3 is 2.50 bits per heavy atom. The van der Waals surface area contributed by atoms with Crippen LogP contribution in [-0.4, -0.2) is 39.1 Å². The Labute approximate surface area is 173 Å². The molecule has 1 aliphatic rings. The van der Waals surface area contributed by atoms with E-state index in [0.29, 0.717) is 33.7 Å². The third-order valence-corrected chi connectivity index (χ3v) is 5.03. The second kappa shape index (κ2) is 9.26. The van der Waals surface area contributed by atoms with Crippen molar-refractivity contribution in [2.24, 2.45) is 0 Å². The van der Waals surface area contributed by atoms with E-state index in [2.05, 4.69) is 5.32 Å². The Morgan fingerprint density at radius 2 is 1.79 bits per heavy atom. The summed E-state index contributed by atoms with van der Waals surface area (Å²) in [5.41, 5.74) is 1.07. The van der Waals surface area contributed by atoms with E-state index >= 15 is 0 Å². The van der Waals surface area contributed by atoms with Gasteiger partial charge in [-0.05, 0) is 48.7 Å². The molecule has 3 rings (SSSR count). The molecule has 1 heterocycles. The summed E-state index contributed by atoms with van der Waals surface area (Å²) in [5, 5.41) is 3.77. The quantitative estimate of drug-likeness (QED) is 0.674. The van der Waals surface area contributed by atoms with E-state index in [1.807, 2.05) is 18.2 Å². The van der Waals surface area contributed by atoms with Crippen molar-refractivity contribution >= 4 is 29.3 Å². The number of rotatable bonds is 8. The first-order valence-electron chi connectivity index (χ1n) is 8.76. The number of hydrogen-bond acceptors (Lipinski definition) is 5. The highest BCUT2D eigenvalue weighted by Crippen LogP contribution is 2.30. The molecule has 0 spiro atoms. The molecule has 0 radical (unpaired) electrons. The fourth-order valence-electron chi connectivity index (χ4n) is 3.03. The summed E-state index contributed by atoms with van der Waals surface area (Å²) in [6, 6.07) is 10.6. The third kappa shape index (κ3) is 4.94. The second-order valence-electron chi connectivity index (χ2n) is 6.31. The van der Waals surface area contributed by atoms with E-state index < -0.39 is 12.2 Å². The summed E-state index contributed by atoms with van der Waals surface area (Å²) < 4.78 is 21.7. The van der Waals surface area contributed by atoms with Gasteiger partial charge >= 0.3 is 6.09 Å². The van der Waals surface area contributed by atoms with Crippen LogP contribution in [0, 0.1) is 0 Å². The molecule has 1 amide bonds. The number of alkyl carbamates (subject to hydrolysis) is 1. The average molecular weight is 426 g/mol. The van der Waals surface area contributed by atoms with Gasteiger partial charge in [0.15, 0.2) is 17.6 Å². The predicted octanol–water partition coefficient (Wildman–Crippen LogP) is 4.50. The molecule has 1 N–H and O–H groups in total. The zero-order valence-corrected chi connectivity index (χ0v) is 17.0. The van der Waals surface area contributed by atoms with Gasteiger partial charge in [0, 0.05) is 5.02 Å². The Morgan fingerprint density at radius 1 is 1.04 bits per heavy atom. The van der Waals surface area contributed by atoms with Gasteiger partial charge in [0.05, 0.1) is 25.3 Å². The number of halogens is 2. The zero-order valence-electron chi connectivity index (χ0n) is 15.5. The molecule has 8 heteroatoms. The van der Waals surface area contributed by atoms with Gasteiger partial charge in [-0.3, -0.25) is 0 Å². The van der Waals surface area contributed by atoms with Crippen molar-refractivity contribution in [3.63, 3.8) is 0 Å². The topological polar surface area (TPSA) is 66.0 Å². The number of aryl methyl sites for hydroxylation is 1. The van der Waals surface area contributed by atoms with Gasteiger partial charge in [0.1, 0.15) is 12.4 Å². The van der Waals surface area contributed by atoms with Crippen molar-refractivity contribution in [2.45, 2.75) is 25.0 Å². The molecule has 0 aliphatic carbocycles. The van der Waals surface area contributed by atoms with Gasteiger partial charge in [0.25, 0.3) is 0 Å². The molecule has 0 saturated carbocycles. The van der Waals surface area contributed by atoms with Crippen LogP contribution < -0.4 is 19.5 Å². The summed E-state index contributed by atoms with van der Waals surface area (Å²) in [6.07, 6.45) is 0.545. The van der Waals surface area contributed by atoms with Crippen LogP contribution in [0.3, 0.4) is 0 Å². The van der Waals surface area contributed by atoms with Gasteiger partial charge < -0.3 is 24.3 Å². The van der Waals surface area contributed by atoms with Crippen molar-refractivity contribution in [3.8, 4) is 17.2 Å². The minimum atomic E-state index is -0.451. The smallest absolute Gasteiger partial charge is 0.407 e. The van der Waals surface area contributed by atoms with Crippen molar-refractivity contribution in [3.05, 3.63) is 52.0 Å². The van der Waals surface area contributed by atoms with Gasteiger partial charge in [-0.25, -0.2) is 4.79 Å². The summed E-state index contributed by atoms with van der Waals surface area (Å²) in [5.74, 6) is 1.84. The maximum Gasteiger partial charge on any atom is 0.407 e. The molecule has 150 valence electrons. The number of carbonyl (C=O) groups excluding carboxylic acids is 1. The van der Waals surface area contributed by atoms with Crippen molar-refractivity contribution < 1.29 is 23.7 Å². The van der Waals surface area contributed by atoms with Crippen molar-refractivity contribution in [1.29, 1.82) is 0 Å². The minimum Gasteiger partial charge on any atom is -0.493 e. The number of benzene rings is 2. The molecule has 2 unspecified atom stereocenters. The monoisotopic (exact) mass is 425 g/mol. The first-order valence-corrected chi connectivity index (χ1v) is 9.51. The molecule has 1 fully saturated rings. The number of amides is 1. The standard InChI is InChI=1S/C20H21Cl2NO5/c1-25-17-7-4-12(9-18(17)26-2)3-6-15-19(28-20(24)23-15)11-27-16-8-5-13(21)10-14(16)22/h4-5,7-10,15,19H,3,6,11H2,1-2H3,(H,23,24). The lowest BCUT2D eigenvalue weighted by molar-refractivity contribution is 0.0907. The second-order valence-corrected chi connectivity index (χ2v) is 7.15. The maximum atomic E-state index is 11.7. The molecule has 1 aliphatic heterocycles. The molecule has 2 atom stereocenters. The van der Waals surface area contributed by atoms with Crippen LogP contribution >= 0.6 is 23.2 Å². The Kier molecular flexibility index (Phi) is 6.75.